The van der Waals surface area contributed by atoms with E-state index in [0.717, 1.165) is 21.6 Å². The Labute approximate surface area is 308 Å². The molecule has 50 heavy (non-hydrogen) atoms. The highest BCUT2D eigenvalue weighted by Gasteiger charge is 2.45. The zero-order chi connectivity index (χ0) is 38.1. The number of likely N-dealkylation sites (N-methyl/N-ethyl adjacent to an activating group) is 2. The van der Waals surface area contributed by atoms with Crippen molar-refractivity contribution in [2.75, 3.05) is 41.4 Å². The lowest BCUT2D eigenvalue weighted by Gasteiger charge is -2.36. The number of carbonyl (C=O) groups is 5. The largest absolute Gasteiger partial charge is 0.467 e. The summed E-state index contributed by atoms with van der Waals surface area (Å²) in [7, 11) is 4.90. The van der Waals surface area contributed by atoms with E-state index in [1.165, 1.54) is 12.0 Å². The Morgan fingerprint density at radius 1 is 0.960 bits per heavy atom. The first-order valence-electron chi connectivity index (χ1n) is 17.3. The van der Waals surface area contributed by atoms with E-state index < -0.39 is 55.9 Å². The predicted molar refractivity (Wildman–Crippen MR) is 199 cm³/mol. The van der Waals surface area contributed by atoms with Crippen LogP contribution in [0.25, 0.3) is 0 Å². The van der Waals surface area contributed by atoms with Gasteiger partial charge in [-0.3, -0.25) is 14.5 Å². The van der Waals surface area contributed by atoms with Gasteiger partial charge in [0.2, 0.25) is 11.8 Å². The standard InChI is InChI=1S/C36H59BrN4O8Si/c1-23(2)30(34(45)49-36(3,4)5)40(8)32(43)29-14-13-28(31(42)39(6)7)41(29)16-15-24-19-25(21-26(37)20-24)22-27(33(44)47-9)38-35(46)48-17-18-50(10,11)12/h19-21,23,27-30H,13-18,22H2,1-12H3,(H,38,46)/t27-,28-,29+,30-/m0/s1. The van der Waals surface area contributed by atoms with E-state index in [4.69, 9.17) is 14.2 Å². The summed E-state index contributed by atoms with van der Waals surface area (Å²) in [5, 5.41) is 2.65. The highest BCUT2D eigenvalue weighted by atomic mass is 79.9. The monoisotopic (exact) mass is 782 g/mol. The number of likely N-dealkylation sites (tertiary alicyclic amines) is 1. The molecule has 0 spiro atoms. The number of amides is 3. The summed E-state index contributed by atoms with van der Waals surface area (Å²) in [6.45, 7) is 16.4. The molecular formula is C36H59BrN4O8Si. The van der Waals surface area contributed by atoms with Crippen LogP contribution >= 0.6 is 15.9 Å². The van der Waals surface area contributed by atoms with Crippen LogP contribution in [-0.4, -0.2) is 124 Å². The molecule has 4 atom stereocenters. The van der Waals surface area contributed by atoms with E-state index in [-0.39, 0.29) is 30.8 Å². The molecule has 1 fully saturated rings. The summed E-state index contributed by atoms with van der Waals surface area (Å²) in [6.07, 6.45) is 0.958. The molecule has 0 aliphatic carbocycles. The second-order valence-electron chi connectivity index (χ2n) is 15.8. The summed E-state index contributed by atoms with van der Waals surface area (Å²) < 4.78 is 16.8. The third-order valence-electron chi connectivity index (χ3n) is 8.55. The molecule has 0 saturated carbocycles. The van der Waals surface area contributed by atoms with Crippen LogP contribution in [0.2, 0.25) is 25.7 Å². The number of hydrogen-bond acceptors (Lipinski definition) is 9. The fourth-order valence-electron chi connectivity index (χ4n) is 6.06. The number of carbonyl (C=O) groups excluding carboxylic acids is 5. The number of halogens is 1. The average molecular weight is 784 g/mol. The van der Waals surface area contributed by atoms with Gasteiger partial charge in [0.05, 0.1) is 25.8 Å². The average Bonchev–Trinajstić information content (AvgIpc) is 3.40. The number of benzene rings is 1. The van der Waals surface area contributed by atoms with E-state index in [1.807, 2.05) is 36.9 Å². The molecule has 1 saturated heterocycles. The molecule has 12 nitrogen and oxygen atoms in total. The Hall–Kier alpha value is -2.97. The molecule has 1 N–H and O–H groups in total. The topological polar surface area (TPSA) is 135 Å². The number of alkyl carbamates (subject to hydrolysis) is 1. The molecule has 282 valence electrons. The Kier molecular flexibility index (Phi) is 16.0. The van der Waals surface area contributed by atoms with Gasteiger partial charge in [0.25, 0.3) is 0 Å². The van der Waals surface area contributed by atoms with Gasteiger partial charge in [0.15, 0.2) is 0 Å². The molecule has 1 aromatic rings. The fraction of sp³-hybridized carbons (Fsp3) is 0.694. The molecule has 1 aromatic carbocycles. The highest BCUT2D eigenvalue weighted by Crippen LogP contribution is 2.29. The second kappa shape index (κ2) is 18.5. The normalized spacial score (nSPS) is 17.9. The van der Waals surface area contributed by atoms with E-state index in [2.05, 4.69) is 40.9 Å². The van der Waals surface area contributed by atoms with Gasteiger partial charge >= 0.3 is 18.0 Å². The first-order valence-corrected chi connectivity index (χ1v) is 21.8. The molecular weight excluding hydrogens is 724 g/mol. The van der Waals surface area contributed by atoms with Crippen molar-refractivity contribution < 1.29 is 38.2 Å². The summed E-state index contributed by atoms with van der Waals surface area (Å²) in [4.78, 5) is 70.8. The minimum Gasteiger partial charge on any atom is -0.467 e. The predicted octanol–water partition coefficient (Wildman–Crippen LogP) is 4.89. The lowest BCUT2D eigenvalue weighted by Crippen LogP contribution is -2.55. The van der Waals surface area contributed by atoms with Crippen LogP contribution in [0.4, 0.5) is 4.79 Å². The molecule has 0 radical (unpaired) electrons. The number of nitrogens with one attached hydrogen (secondary N) is 1. The maximum atomic E-state index is 14.1. The lowest BCUT2D eigenvalue weighted by atomic mass is 10.0. The number of rotatable bonds is 15. The van der Waals surface area contributed by atoms with E-state index in [0.29, 0.717) is 25.8 Å². The van der Waals surface area contributed by atoms with Crippen LogP contribution in [-0.2, 0) is 46.2 Å². The van der Waals surface area contributed by atoms with Gasteiger partial charge in [-0.1, -0.05) is 55.5 Å². The fourth-order valence-corrected chi connectivity index (χ4v) is 7.36. The molecule has 0 bridgehead atoms. The molecule has 1 aliphatic rings. The van der Waals surface area contributed by atoms with Crippen LogP contribution in [0.5, 0.6) is 0 Å². The minimum absolute atomic E-state index is 0.0887. The van der Waals surface area contributed by atoms with Crippen molar-refractivity contribution >= 4 is 53.9 Å². The first kappa shape index (κ1) is 43.2. The van der Waals surface area contributed by atoms with Gasteiger partial charge in [0.1, 0.15) is 17.7 Å². The van der Waals surface area contributed by atoms with E-state index in [9.17, 15) is 24.0 Å². The first-order chi connectivity index (χ1) is 23.0. The molecule has 1 heterocycles. The van der Waals surface area contributed by atoms with Crippen molar-refractivity contribution in [3.63, 3.8) is 0 Å². The van der Waals surface area contributed by atoms with Crippen molar-refractivity contribution in [1.29, 1.82) is 0 Å². The zero-order valence-electron chi connectivity index (χ0n) is 32.1. The van der Waals surface area contributed by atoms with Gasteiger partial charge in [-0.2, -0.15) is 0 Å². The van der Waals surface area contributed by atoms with Gasteiger partial charge in [-0.05, 0) is 75.3 Å². The zero-order valence-corrected chi connectivity index (χ0v) is 34.6. The van der Waals surface area contributed by atoms with Crippen molar-refractivity contribution in [3.8, 4) is 0 Å². The molecule has 14 heteroatoms. The maximum absolute atomic E-state index is 14.1. The summed E-state index contributed by atoms with van der Waals surface area (Å²) in [5.41, 5.74) is 0.981. The minimum atomic E-state index is -1.41. The SMILES string of the molecule is COC(=O)[C@H](Cc1cc(Br)cc(CCN2[C@@H](C(=O)N(C)[C@H](C(=O)OC(C)(C)C)C(C)C)CC[C@H]2C(=O)N(C)C)c1)NC(=O)OCC[Si](C)(C)C. The van der Waals surface area contributed by atoms with Crippen molar-refractivity contribution in [1.82, 2.24) is 20.0 Å². The Balaban J connectivity index is 2.30. The molecule has 1 aliphatic heterocycles. The van der Waals surface area contributed by atoms with Crippen molar-refractivity contribution in [2.45, 2.75) is 116 Å². The highest BCUT2D eigenvalue weighted by molar-refractivity contribution is 9.10. The van der Waals surface area contributed by atoms with E-state index in [1.54, 1.807) is 46.8 Å². The van der Waals surface area contributed by atoms with Crippen LogP contribution in [0.15, 0.2) is 22.7 Å². The smallest absolute Gasteiger partial charge is 0.407 e. The summed E-state index contributed by atoms with van der Waals surface area (Å²) in [6, 6.07) is 3.72. The van der Waals surface area contributed by atoms with E-state index >= 15 is 0 Å². The third-order valence-corrected chi connectivity index (χ3v) is 10.7. The third kappa shape index (κ3) is 13.3. The van der Waals surface area contributed by atoms with Gasteiger partial charge in [-0.15, -0.1) is 0 Å². The number of hydrogen-bond donors (Lipinski definition) is 1. The van der Waals surface area contributed by atoms with Crippen LogP contribution in [0.1, 0.15) is 58.6 Å². The Bertz CT molecular complexity index is 1360. The number of nitrogens with zero attached hydrogens (tertiary/aromatic N) is 3. The number of methoxy groups -OCH3 is 1. The maximum Gasteiger partial charge on any atom is 0.407 e. The van der Waals surface area contributed by atoms with Crippen molar-refractivity contribution in [3.05, 3.63) is 33.8 Å². The molecule has 0 aromatic heterocycles. The van der Waals surface area contributed by atoms with Crippen LogP contribution in [0, 0.1) is 5.92 Å². The van der Waals surface area contributed by atoms with Crippen molar-refractivity contribution in [2.24, 2.45) is 5.92 Å². The quantitative estimate of drug-likeness (QED) is 0.150. The Morgan fingerprint density at radius 3 is 2.06 bits per heavy atom. The summed E-state index contributed by atoms with van der Waals surface area (Å²) in [5.74, 6) is -1.57. The molecule has 0 unspecified atom stereocenters. The molecule has 3 amide bonds. The Morgan fingerprint density at radius 2 is 1.54 bits per heavy atom. The lowest BCUT2D eigenvalue weighted by molar-refractivity contribution is -0.167. The second-order valence-corrected chi connectivity index (χ2v) is 22.4. The molecule has 2 rings (SSSR count). The van der Waals surface area contributed by atoms with Gasteiger partial charge in [-0.25, -0.2) is 14.4 Å². The number of esters is 2. The van der Waals surface area contributed by atoms with Gasteiger partial charge in [0, 0.05) is 46.7 Å². The van der Waals surface area contributed by atoms with Gasteiger partial charge < -0.3 is 29.3 Å². The summed E-state index contributed by atoms with van der Waals surface area (Å²) >= 11 is 3.58. The number of ether oxygens (including phenoxy) is 3. The van der Waals surface area contributed by atoms with Crippen LogP contribution in [0.3, 0.4) is 0 Å². The van der Waals surface area contributed by atoms with Crippen LogP contribution < -0.4 is 5.32 Å².